The van der Waals surface area contributed by atoms with Crippen LogP contribution in [-0.2, 0) is 9.53 Å². The lowest BCUT2D eigenvalue weighted by Crippen LogP contribution is -2.41. The van der Waals surface area contributed by atoms with E-state index in [1.165, 1.54) is 17.8 Å². The van der Waals surface area contributed by atoms with Crippen LogP contribution in [0.2, 0.25) is 0 Å². The molecule has 1 saturated carbocycles. The van der Waals surface area contributed by atoms with Gasteiger partial charge in [0, 0.05) is 30.1 Å². The Kier molecular flexibility index (Phi) is 4.91. The van der Waals surface area contributed by atoms with Crippen molar-refractivity contribution in [1.82, 2.24) is 9.88 Å². The molecule has 1 unspecified atom stereocenters. The van der Waals surface area contributed by atoms with Crippen molar-refractivity contribution in [3.05, 3.63) is 16.1 Å². The lowest BCUT2D eigenvalue weighted by molar-refractivity contribution is -0.139. The topological polar surface area (TPSA) is 42.4 Å². The molecular weight excluding hydrogens is 284 g/mol. The van der Waals surface area contributed by atoms with E-state index in [1.54, 1.807) is 11.3 Å². The molecule has 1 aromatic rings. The Balaban J connectivity index is 1.51. The normalized spacial score (nSPS) is 23.7. The van der Waals surface area contributed by atoms with Crippen LogP contribution in [0.15, 0.2) is 5.38 Å². The van der Waals surface area contributed by atoms with E-state index in [4.69, 9.17) is 4.74 Å². The maximum absolute atomic E-state index is 12.3. The van der Waals surface area contributed by atoms with E-state index in [0.717, 1.165) is 44.5 Å². The van der Waals surface area contributed by atoms with Gasteiger partial charge in [0.25, 0.3) is 0 Å². The summed E-state index contributed by atoms with van der Waals surface area (Å²) >= 11 is 1.72. The van der Waals surface area contributed by atoms with Gasteiger partial charge in [-0.05, 0) is 32.6 Å². The summed E-state index contributed by atoms with van der Waals surface area (Å²) in [5, 5.41) is 3.28. The molecule has 3 rings (SSSR count). The van der Waals surface area contributed by atoms with Crippen LogP contribution in [0.1, 0.15) is 55.1 Å². The van der Waals surface area contributed by atoms with Crippen molar-refractivity contribution >= 4 is 17.2 Å². The monoisotopic (exact) mass is 308 g/mol. The molecule has 1 aliphatic heterocycles. The first-order valence-electron chi connectivity index (χ1n) is 8.04. The Bertz CT molecular complexity index is 482. The number of rotatable bonds is 4. The molecule has 1 saturated heterocycles. The summed E-state index contributed by atoms with van der Waals surface area (Å²) in [5.41, 5.74) is 1.09. The Labute approximate surface area is 130 Å². The van der Waals surface area contributed by atoms with Crippen molar-refractivity contribution in [1.29, 1.82) is 0 Å². The SMILES string of the molecule is Cc1csc(C2CCCN(C(=O)COC3CCCC3)C2)n1. The van der Waals surface area contributed by atoms with Gasteiger partial charge in [-0.25, -0.2) is 4.98 Å². The molecule has 1 amide bonds. The summed E-state index contributed by atoms with van der Waals surface area (Å²) < 4.78 is 5.76. The lowest BCUT2D eigenvalue weighted by atomic mass is 9.99. The number of hydrogen-bond acceptors (Lipinski definition) is 4. The first kappa shape index (κ1) is 15.0. The van der Waals surface area contributed by atoms with E-state index in [-0.39, 0.29) is 12.5 Å². The van der Waals surface area contributed by atoms with Crippen LogP contribution >= 0.6 is 11.3 Å². The average Bonchev–Trinajstić information content (AvgIpc) is 3.16. The van der Waals surface area contributed by atoms with E-state index in [2.05, 4.69) is 10.4 Å². The van der Waals surface area contributed by atoms with E-state index in [0.29, 0.717) is 12.0 Å². The number of likely N-dealkylation sites (tertiary alicyclic amines) is 1. The van der Waals surface area contributed by atoms with E-state index in [1.807, 2.05) is 11.8 Å². The number of amides is 1. The minimum absolute atomic E-state index is 0.153. The highest BCUT2D eigenvalue weighted by molar-refractivity contribution is 7.09. The van der Waals surface area contributed by atoms with Crippen molar-refractivity contribution in [2.75, 3.05) is 19.7 Å². The molecule has 0 bridgehead atoms. The number of ether oxygens (including phenoxy) is 1. The second-order valence-corrected chi connectivity index (χ2v) is 7.11. The zero-order valence-corrected chi connectivity index (χ0v) is 13.5. The van der Waals surface area contributed by atoms with Crippen molar-refractivity contribution in [3.8, 4) is 0 Å². The van der Waals surface area contributed by atoms with E-state index < -0.39 is 0 Å². The molecule has 1 aromatic heterocycles. The maximum Gasteiger partial charge on any atom is 0.248 e. The number of aromatic nitrogens is 1. The molecule has 0 radical (unpaired) electrons. The van der Waals surface area contributed by atoms with Gasteiger partial charge in [-0.2, -0.15) is 0 Å². The van der Waals surface area contributed by atoms with Crippen LogP contribution in [0.4, 0.5) is 0 Å². The summed E-state index contributed by atoms with van der Waals surface area (Å²) in [4.78, 5) is 18.9. The summed E-state index contributed by atoms with van der Waals surface area (Å²) in [6.45, 7) is 3.96. The predicted molar refractivity (Wildman–Crippen MR) is 83.6 cm³/mol. The van der Waals surface area contributed by atoms with Crippen LogP contribution in [-0.4, -0.2) is 41.6 Å². The van der Waals surface area contributed by atoms with Crippen LogP contribution in [0.25, 0.3) is 0 Å². The third-order valence-corrected chi connectivity index (χ3v) is 5.63. The maximum atomic E-state index is 12.3. The Morgan fingerprint density at radius 3 is 2.90 bits per heavy atom. The molecule has 2 heterocycles. The van der Waals surface area contributed by atoms with Gasteiger partial charge in [0.15, 0.2) is 0 Å². The average molecular weight is 308 g/mol. The zero-order valence-electron chi connectivity index (χ0n) is 12.7. The first-order chi connectivity index (χ1) is 10.2. The van der Waals surface area contributed by atoms with Gasteiger partial charge < -0.3 is 9.64 Å². The molecule has 0 N–H and O–H groups in total. The van der Waals surface area contributed by atoms with E-state index >= 15 is 0 Å². The third-order valence-electron chi connectivity index (χ3n) is 4.50. The molecule has 2 fully saturated rings. The summed E-state index contributed by atoms with van der Waals surface area (Å²) in [5.74, 6) is 0.563. The van der Waals surface area contributed by atoms with Crippen molar-refractivity contribution in [3.63, 3.8) is 0 Å². The highest BCUT2D eigenvalue weighted by Crippen LogP contribution is 2.29. The molecule has 5 heteroatoms. The number of aryl methyl sites for hydroxylation is 1. The number of carbonyl (C=O) groups is 1. The van der Waals surface area contributed by atoms with Gasteiger partial charge in [-0.3, -0.25) is 4.79 Å². The largest absolute Gasteiger partial charge is 0.368 e. The third kappa shape index (κ3) is 3.83. The van der Waals surface area contributed by atoms with Gasteiger partial charge >= 0.3 is 0 Å². The molecule has 0 aromatic carbocycles. The van der Waals surface area contributed by atoms with Gasteiger partial charge in [0.1, 0.15) is 6.61 Å². The van der Waals surface area contributed by atoms with Crippen molar-refractivity contribution in [2.24, 2.45) is 0 Å². The number of nitrogens with zero attached hydrogens (tertiary/aromatic N) is 2. The van der Waals surface area contributed by atoms with Gasteiger partial charge in [-0.1, -0.05) is 12.8 Å². The zero-order chi connectivity index (χ0) is 14.7. The van der Waals surface area contributed by atoms with Crippen LogP contribution < -0.4 is 0 Å². The fourth-order valence-electron chi connectivity index (χ4n) is 3.30. The summed E-state index contributed by atoms with van der Waals surface area (Å²) in [7, 11) is 0. The molecule has 0 spiro atoms. The quantitative estimate of drug-likeness (QED) is 0.858. The van der Waals surface area contributed by atoms with Gasteiger partial charge in [0.2, 0.25) is 5.91 Å². The first-order valence-corrected chi connectivity index (χ1v) is 8.92. The van der Waals surface area contributed by atoms with Gasteiger partial charge in [0.05, 0.1) is 11.1 Å². The highest BCUT2D eigenvalue weighted by Gasteiger charge is 2.27. The highest BCUT2D eigenvalue weighted by atomic mass is 32.1. The number of carbonyl (C=O) groups excluding carboxylic acids is 1. The molecule has 21 heavy (non-hydrogen) atoms. The molecule has 4 nitrogen and oxygen atoms in total. The second-order valence-electron chi connectivity index (χ2n) is 6.22. The van der Waals surface area contributed by atoms with E-state index in [9.17, 15) is 4.79 Å². The van der Waals surface area contributed by atoms with Crippen molar-refractivity contribution in [2.45, 2.75) is 57.5 Å². The van der Waals surface area contributed by atoms with Crippen LogP contribution in [0.5, 0.6) is 0 Å². The molecular formula is C16H24N2O2S. The molecule has 1 atom stereocenters. The Morgan fingerprint density at radius 1 is 1.38 bits per heavy atom. The smallest absolute Gasteiger partial charge is 0.248 e. The molecule has 1 aliphatic carbocycles. The second kappa shape index (κ2) is 6.88. The minimum atomic E-state index is 0.153. The lowest BCUT2D eigenvalue weighted by Gasteiger charge is -2.32. The number of piperidine rings is 1. The number of thiazole rings is 1. The van der Waals surface area contributed by atoms with Crippen molar-refractivity contribution < 1.29 is 9.53 Å². The molecule has 2 aliphatic rings. The fourth-order valence-corrected chi connectivity index (χ4v) is 4.23. The summed E-state index contributed by atoms with van der Waals surface area (Å²) in [6.07, 6.45) is 7.25. The fraction of sp³-hybridized carbons (Fsp3) is 0.750. The Morgan fingerprint density at radius 2 is 2.19 bits per heavy atom. The van der Waals surface area contributed by atoms with Crippen LogP contribution in [0, 0.1) is 6.92 Å². The Hall–Kier alpha value is -0.940. The number of hydrogen-bond donors (Lipinski definition) is 0. The standard InChI is InChI=1S/C16H24N2O2S/c1-12-11-21-16(17-12)13-5-4-8-18(9-13)15(19)10-20-14-6-2-3-7-14/h11,13-14H,2-10H2,1H3. The summed E-state index contributed by atoms with van der Waals surface area (Å²) in [6, 6.07) is 0. The van der Waals surface area contributed by atoms with Gasteiger partial charge in [-0.15, -0.1) is 11.3 Å². The molecule has 116 valence electrons. The minimum Gasteiger partial charge on any atom is -0.368 e. The van der Waals surface area contributed by atoms with Crippen LogP contribution in [0.3, 0.4) is 0 Å². The predicted octanol–water partition coefficient (Wildman–Crippen LogP) is 3.12.